The summed E-state index contributed by atoms with van der Waals surface area (Å²) in [5.41, 5.74) is 0.186. The van der Waals surface area contributed by atoms with E-state index in [1.54, 1.807) is 24.3 Å². The number of halogens is 9. The lowest BCUT2D eigenvalue weighted by atomic mass is 9.98. The van der Waals surface area contributed by atoms with Gasteiger partial charge in [0, 0.05) is 5.39 Å². The Morgan fingerprint density at radius 3 is 1.62 bits per heavy atom. The number of hydrogen-bond donors (Lipinski definition) is 0. The van der Waals surface area contributed by atoms with Gasteiger partial charge in [0.05, 0.1) is 0 Å². The predicted octanol–water partition coefficient (Wildman–Crippen LogP) is 8.33. The number of rotatable bonds is 3. The summed E-state index contributed by atoms with van der Waals surface area (Å²) < 4.78 is -9.21. The van der Waals surface area contributed by atoms with Crippen LogP contribution >= 0.6 is 104 Å². The van der Waals surface area contributed by atoms with E-state index in [9.17, 15) is 5.11 Å². The van der Waals surface area contributed by atoms with Crippen molar-refractivity contribution in [3.05, 3.63) is 42.0 Å². The molecular weight excluding hydrogens is 503 g/mol. The maximum absolute atomic E-state index is 12.0. The molecule has 24 heavy (non-hydrogen) atoms. The summed E-state index contributed by atoms with van der Waals surface area (Å²) in [6.45, 7) is 0. The fraction of sp³-hybridized carbons (Fsp3) is 0.286. The van der Waals surface area contributed by atoms with Gasteiger partial charge < -0.3 is 0 Å². The molecule has 0 aliphatic heterocycles. The summed E-state index contributed by atoms with van der Waals surface area (Å²) in [7, 11) is 0. The smallest absolute Gasteiger partial charge is 0.226 e. The Hall–Kier alpha value is 1.11. The molecule has 0 heterocycles. The molecule has 0 aliphatic rings. The van der Waals surface area contributed by atoms with Crippen LogP contribution in [0.15, 0.2) is 36.4 Å². The molecule has 0 saturated heterocycles. The topological polar surface area (TPSA) is 19.9 Å². The standard InChI is InChI=1S/C14H6Cl9O/c15-11(16,12(17,18)13(19,20)14(21,22)23)9-5-6-10(24)8-4-2-1-3-7(8)9/h1-6H. The lowest BCUT2D eigenvalue weighted by Crippen LogP contribution is -2.54. The van der Waals surface area contributed by atoms with Crippen LogP contribution in [-0.4, -0.2) is 12.5 Å². The van der Waals surface area contributed by atoms with Crippen molar-refractivity contribution < 1.29 is 5.11 Å². The average Bonchev–Trinajstić information content (AvgIpc) is 2.46. The quantitative estimate of drug-likeness (QED) is 0.371. The molecule has 0 amide bonds. The van der Waals surface area contributed by atoms with Gasteiger partial charge in [0.15, 0.2) is 14.4 Å². The minimum atomic E-state index is -2.39. The second kappa shape index (κ2) is 6.93. The van der Waals surface area contributed by atoms with E-state index in [1.807, 2.05) is 0 Å². The van der Waals surface area contributed by atoms with Gasteiger partial charge in [0.2, 0.25) is 8.13 Å². The lowest BCUT2D eigenvalue weighted by Gasteiger charge is -2.44. The van der Waals surface area contributed by atoms with Gasteiger partial charge >= 0.3 is 0 Å². The maximum Gasteiger partial charge on any atom is 0.226 e. The van der Waals surface area contributed by atoms with Crippen LogP contribution in [0, 0.1) is 0 Å². The van der Waals surface area contributed by atoms with Gasteiger partial charge in [0.25, 0.3) is 0 Å². The first kappa shape index (κ1) is 21.4. The third kappa shape index (κ3) is 3.35. The van der Waals surface area contributed by atoms with Crippen LogP contribution in [0.2, 0.25) is 0 Å². The molecule has 0 atom stereocenters. The summed E-state index contributed by atoms with van der Waals surface area (Å²) in [5, 5.41) is 12.8. The Kier molecular flexibility index (Phi) is 6.18. The highest BCUT2D eigenvalue weighted by Crippen LogP contribution is 2.65. The molecule has 1 nitrogen and oxygen atoms in total. The minimum Gasteiger partial charge on any atom is -0.289 e. The molecule has 2 aromatic carbocycles. The fourth-order valence-corrected chi connectivity index (χ4v) is 4.38. The molecule has 131 valence electrons. The summed E-state index contributed by atoms with van der Waals surface area (Å²) in [6, 6.07) is 9.21. The van der Waals surface area contributed by atoms with E-state index in [1.165, 1.54) is 12.1 Å². The van der Waals surface area contributed by atoms with Crippen molar-refractivity contribution in [3.63, 3.8) is 0 Å². The molecule has 2 rings (SSSR count). The van der Waals surface area contributed by atoms with Crippen LogP contribution in [0.3, 0.4) is 0 Å². The van der Waals surface area contributed by atoms with Crippen molar-refractivity contribution >= 4 is 115 Å². The average molecular weight is 509 g/mol. The molecular formula is C14H6Cl9O. The first-order chi connectivity index (χ1) is 10.7. The summed E-state index contributed by atoms with van der Waals surface area (Å²) in [5.74, 6) is -0.238. The number of fused-ring (bicyclic) bond motifs is 1. The third-order valence-electron chi connectivity index (χ3n) is 3.37. The van der Waals surface area contributed by atoms with Crippen LogP contribution < -0.4 is 0 Å². The van der Waals surface area contributed by atoms with Gasteiger partial charge in [-0.05, 0) is 17.0 Å². The minimum absolute atomic E-state index is 0.186. The van der Waals surface area contributed by atoms with Gasteiger partial charge in [0.1, 0.15) is 0 Å². The third-order valence-corrected chi connectivity index (χ3v) is 8.81. The van der Waals surface area contributed by atoms with E-state index < -0.39 is 16.8 Å². The van der Waals surface area contributed by atoms with Crippen LogP contribution in [-0.2, 0) is 9.44 Å². The van der Waals surface area contributed by atoms with E-state index in [0.29, 0.717) is 10.8 Å². The molecule has 0 aliphatic carbocycles. The summed E-state index contributed by atoms with van der Waals surface area (Å²) >= 11 is 55.0. The summed E-state index contributed by atoms with van der Waals surface area (Å²) in [6.07, 6.45) is 0. The molecule has 2 aromatic rings. The molecule has 0 unspecified atom stereocenters. The van der Waals surface area contributed by atoms with E-state index in [4.69, 9.17) is 104 Å². The van der Waals surface area contributed by atoms with E-state index in [-0.39, 0.29) is 11.3 Å². The van der Waals surface area contributed by atoms with Gasteiger partial charge in [-0.1, -0.05) is 135 Å². The Bertz CT molecular complexity index is 764. The van der Waals surface area contributed by atoms with Crippen molar-refractivity contribution in [2.75, 3.05) is 0 Å². The monoisotopic (exact) mass is 505 g/mol. The van der Waals surface area contributed by atoms with E-state index in [0.717, 1.165) is 0 Å². The normalized spacial score (nSPS) is 14.2. The molecule has 0 spiro atoms. The zero-order chi connectivity index (χ0) is 18.6. The highest BCUT2D eigenvalue weighted by Gasteiger charge is 2.68. The van der Waals surface area contributed by atoms with Crippen LogP contribution in [0.25, 0.3) is 10.8 Å². The number of hydrogen-bond acceptors (Lipinski definition) is 0. The van der Waals surface area contributed by atoms with Crippen molar-refractivity contribution in [2.45, 2.75) is 16.8 Å². The predicted molar refractivity (Wildman–Crippen MR) is 107 cm³/mol. The fourth-order valence-electron chi connectivity index (χ4n) is 2.09. The highest BCUT2D eigenvalue weighted by atomic mass is 35.6. The molecule has 10 heteroatoms. The second-order valence-corrected chi connectivity index (χ2v) is 11.1. The highest BCUT2D eigenvalue weighted by molar-refractivity contribution is 6.80. The van der Waals surface area contributed by atoms with Crippen LogP contribution in [0.4, 0.5) is 0 Å². The number of benzene rings is 2. The van der Waals surface area contributed by atoms with Gasteiger partial charge in [-0.3, -0.25) is 5.11 Å². The molecule has 0 fully saturated rings. The second-order valence-electron chi connectivity index (χ2n) is 4.88. The van der Waals surface area contributed by atoms with Gasteiger partial charge in [-0.25, -0.2) is 0 Å². The van der Waals surface area contributed by atoms with E-state index >= 15 is 0 Å². The SMILES string of the molecule is [O]c1ccc(C(Cl)(Cl)C(Cl)(Cl)C(Cl)(Cl)C(Cl)(Cl)Cl)c2ccccc12. The van der Waals surface area contributed by atoms with Crippen molar-refractivity contribution in [1.82, 2.24) is 0 Å². The van der Waals surface area contributed by atoms with Crippen LogP contribution in [0.1, 0.15) is 5.56 Å². The zero-order valence-corrected chi connectivity index (χ0v) is 18.1. The molecule has 0 saturated carbocycles. The maximum atomic E-state index is 12.0. The zero-order valence-electron chi connectivity index (χ0n) is 11.3. The van der Waals surface area contributed by atoms with Crippen molar-refractivity contribution in [1.29, 1.82) is 0 Å². The van der Waals surface area contributed by atoms with Crippen LogP contribution in [0.5, 0.6) is 5.75 Å². The van der Waals surface area contributed by atoms with E-state index in [2.05, 4.69) is 0 Å². The Morgan fingerprint density at radius 2 is 1.12 bits per heavy atom. The Balaban J connectivity index is 2.74. The van der Waals surface area contributed by atoms with Crippen molar-refractivity contribution in [3.8, 4) is 5.75 Å². The first-order valence-corrected chi connectivity index (χ1v) is 9.54. The molecule has 1 radical (unpaired) electrons. The van der Waals surface area contributed by atoms with Gasteiger partial charge in [-0.2, -0.15) is 0 Å². The Labute approximate surface area is 183 Å². The molecule has 0 bridgehead atoms. The first-order valence-electron chi connectivity index (χ1n) is 6.14. The lowest BCUT2D eigenvalue weighted by molar-refractivity contribution is 0.360. The Morgan fingerprint density at radius 1 is 0.625 bits per heavy atom. The van der Waals surface area contributed by atoms with Crippen molar-refractivity contribution in [2.24, 2.45) is 0 Å². The summed E-state index contributed by atoms with van der Waals surface area (Å²) in [4.78, 5) is 0. The number of alkyl halides is 9. The largest absolute Gasteiger partial charge is 0.289 e. The molecule has 0 aromatic heterocycles. The molecule has 0 N–H and O–H groups in total. The van der Waals surface area contributed by atoms with Gasteiger partial charge in [-0.15, -0.1) is 0 Å².